The number of H-pyrrole nitrogens is 1. The Morgan fingerprint density at radius 2 is 1.96 bits per heavy atom. The molecule has 0 bridgehead atoms. The molecule has 0 radical (unpaired) electrons. The highest BCUT2D eigenvalue weighted by Gasteiger charge is 2.21. The summed E-state index contributed by atoms with van der Waals surface area (Å²) >= 11 is 0. The van der Waals surface area contributed by atoms with Crippen LogP contribution in [0.4, 0.5) is 0 Å². The zero-order valence-corrected chi connectivity index (χ0v) is 17.0. The summed E-state index contributed by atoms with van der Waals surface area (Å²) in [5.74, 6) is 1.05. The molecule has 0 saturated heterocycles. The van der Waals surface area contributed by atoms with E-state index in [1.807, 2.05) is 12.1 Å². The van der Waals surface area contributed by atoms with Crippen molar-refractivity contribution in [3.63, 3.8) is 0 Å². The number of pyridine rings is 1. The van der Waals surface area contributed by atoms with E-state index in [1.165, 1.54) is 0 Å². The number of ether oxygens (including phenoxy) is 1. The molecular formula is C23H30N2O3. The van der Waals surface area contributed by atoms with Gasteiger partial charge in [-0.05, 0) is 62.5 Å². The lowest BCUT2D eigenvalue weighted by Gasteiger charge is -2.23. The molecule has 0 fully saturated rings. The van der Waals surface area contributed by atoms with Crippen molar-refractivity contribution in [3.05, 3.63) is 57.5 Å². The van der Waals surface area contributed by atoms with Crippen LogP contribution in [0, 0.1) is 0 Å². The number of rotatable bonds is 8. The second-order valence-corrected chi connectivity index (χ2v) is 7.32. The lowest BCUT2D eigenvalue weighted by Crippen LogP contribution is -2.25. The first-order chi connectivity index (χ1) is 13.6. The second kappa shape index (κ2) is 9.11. The number of nitrogens with zero attached hydrogens (tertiary/aromatic N) is 1. The van der Waals surface area contributed by atoms with E-state index in [0.29, 0.717) is 24.0 Å². The molecule has 0 spiro atoms. The minimum absolute atomic E-state index is 0.121. The molecule has 3 rings (SSSR count). The molecule has 2 aromatic rings. The fourth-order valence-electron chi connectivity index (χ4n) is 4.00. The number of aliphatic hydroxyl groups is 1. The molecular weight excluding hydrogens is 352 g/mol. The van der Waals surface area contributed by atoms with Gasteiger partial charge in [-0.3, -0.25) is 9.69 Å². The first kappa shape index (κ1) is 20.2. The number of allylic oxidation sites excluding steroid dienone is 1. The summed E-state index contributed by atoms with van der Waals surface area (Å²) in [4.78, 5) is 17.5. The average molecular weight is 383 g/mol. The third-order valence-electron chi connectivity index (χ3n) is 5.25. The summed E-state index contributed by atoms with van der Waals surface area (Å²) in [7, 11) is 1.69. The van der Waals surface area contributed by atoms with Crippen LogP contribution in [0.3, 0.4) is 0 Å². The Labute approximate surface area is 166 Å². The zero-order valence-electron chi connectivity index (χ0n) is 17.0. The van der Waals surface area contributed by atoms with Gasteiger partial charge in [0.05, 0.1) is 7.11 Å². The molecule has 5 heteroatoms. The van der Waals surface area contributed by atoms with Gasteiger partial charge in [0.2, 0.25) is 0 Å². The topological polar surface area (TPSA) is 65.6 Å². The number of benzene rings is 1. The molecule has 0 unspecified atom stereocenters. The summed E-state index contributed by atoms with van der Waals surface area (Å²) in [6, 6.07) is 6.08. The van der Waals surface area contributed by atoms with Crippen molar-refractivity contribution in [2.24, 2.45) is 0 Å². The maximum absolute atomic E-state index is 12.2. The van der Waals surface area contributed by atoms with Crippen LogP contribution in [0.15, 0.2) is 35.3 Å². The number of methoxy groups -OCH3 is 1. The Hall–Kier alpha value is -2.53. The standard InChI is InChI=1S/C23H30N2O3/c1-4-11-25(12-5-2)15-17-13-16(9-10-21(17)28-3)19-14-24-23(27)18-7-6-8-20(26)22(18)19/h8-10,13-14,26H,4-7,11-12,15H2,1-3H3,(H,24,27). The van der Waals surface area contributed by atoms with Crippen LogP contribution in [-0.2, 0) is 13.0 Å². The lowest BCUT2D eigenvalue weighted by atomic mass is 9.90. The van der Waals surface area contributed by atoms with Crippen molar-refractivity contribution < 1.29 is 9.84 Å². The molecule has 0 saturated carbocycles. The highest BCUT2D eigenvalue weighted by atomic mass is 16.5. The maximum atomic E-state index is 12.2. The first-order valence-electron chi connectivity index (χ1n) is 10.1. The Morgan fingerprint density at radius 1 is 1.21 bits per heavy atom. The zero-order chi connectivity index (χ0) is 20.1. The summed E-state index contributed by atoms with van der Waals surface area (Å²) in [5, 5.41) is 10.5. The van der Waals surface area contributed by atoms with Gasteiger partial charge in [-0.15, -0.1) is 0 Å². The number of aliphatic hydroxyl groups excluding tert-OH is 1. The smallest absolute Gasteiger partial charge is 0.251 e. The van der Waals surface area contributed by atoms with Gasteiger partial charge in [0, 0.05) is 35.0 Å². The minimum Gasteiger partial charge on any atom is -0.508 e. The van der Waals surface area contributed by atoms with Gasteiger partial charge in [0.25, 0.3) is 5.56 Å². The quantitative estimate of drug-likeness (QED) is 0.705. The predicted octanol–water partition coefficient (Wildman–Crippen LogP) is 4.52. The molecule has 1 aromatic heterocycles. The Kier molecular flexibility index (Phi) is 6.57. The molecule has 0 aliphatic heterocycles. The van der Waals surface area contributed by atoms with Crippen LogP contribution in [0.25, 0.3) is 16.9 Å². The predicted molar refractivity (Wildman–Crippen MR) is 114 cm³/mol. The van der Waals surface area contributed by atoms with Gasteiger partial charge >= 0.3 is 0 Å². The van der Waals surface area contributed by atoms with E-state index in [0.717, 1.165) is 54.9 Å². The van der Waals surface area contributed by atoms with Crippen LogP contribution < -0.4 is 10.3 Å². The van der Waals surface area contributed by atoms with Gasteiger partial charge in [0.15, 0.2) is 0 Å². The van der Waals surface area contributed by atoms with E-state index >= 15 is 0 Å². The maximum Gasteiger partial charge on any atom is 0.251 e. The number of aromatic amines is 1. The van der Waals surface area contributed by atoms with Crippen LogP contribution >= 0.6 is 0 Å². The van der Waals surface area contributed by atoms with E-state index in [-0.39, 0.29) is 11.3 Å². The molecule has 1 aliphatic rings. The van der Waals surface area contributed by atoms with Crippen molar-refractivity contribution in [3.8, 4) is 16.9 Å². The fourth-order valence-corrected chi connectivity index (χ4v) is 4.00. The molecule has 150 valence electrons. The summed E-state index contributed by atoms with van der Waals surface area (Å²) in [5.41, 5.74) is 4.13. The Balaban J connectivity index is 2.05. The van der Waals surface area contributed by atoms with Gasteiger partial charge in [-0.2, -0.15) is 0 Å². The van der Waals surface area contributed by atoms with E-state index in [9.17, 15) is 9.90 Å². The molecule has 5 nitrogen and oxygen atoms in total. The number of nitrogens with one attached hydrogen (secondary N) is 1. The number of aromatic nitrogens is 1. The summed E-state index contributed by atoms with van der Waals surface area (Å²) < 4.78 is 5.60. The van der Waals surface area contributed by atoms with Crippen molar-refractivity contribution in [1.82, 2.24) is 9.88 Å². The van der Waals surface area contributed by atoms with Crippen LogP contribution in [0.1, 0.15) is 49.8 Å². The lowest BCUT2D eigenvalue weighted by molar-refractivity contribution is 0.262. The minimum atomic E-state index is -0.121. The monoisotopic (exact) mass is 382 g/mol. The molecule has 1 heterocycles. The van der Waals surface area contributed by atoms with Crippen molar-refractivity contribution in [2.75, 3.05) is 20.2 Å². The Morgan fingerprint density at radius 3 is 2.64 bits per heavy atom. The third-order valence-corrected chi connectivity index (χ3v) is 5.25. The fraction of sp³-hybridized carbons (Fsp3) is 0.435. The SMILES string of the molecule is CCCN(CCC)Cc1cc(-c2c[nH]c(=O)c3c2C(O)=CCC3)ccc1OC. The number of fused-ring (bicyclic) bond motifs is 1. The molecule has 0 atom stereocenters. The van der Waals surface area contributed by atoms with Crippen LogP contribution in [0.5, 0.6) is 5.75 Å². The highest BCUT2D eigenvalue weighted by molar-refractivity contribution is 5.81. The van der Waals surface area contributed by atoms with Gasteiger partial charge < -0.3 is 14.8 Å². The molecule has 2 N–H and O–H groups in total. The van der Waals surface area contributed by atoms with E-state index < -0.39 is 0 Å². The molecule has 1 aromatic carbocycles. The van der Waals surface area contributed by atoms with Gasteiger partial charge in [-0.1, -0.05) is 19.9 Å². The van der Waals surface area contributed by atoms with Crippen molar-refractivity contribution in [2.45, 2.75) is 46.1 Å². The number of hydrogen-bond acceptors (Lipinski definition) is 4. The molecule has 0 amide bonds. The van der Waals surface area contributed by atoms with E-state index in [1.54, 1.807) is 19.4 Å². The second-order valence-electron chi connectivity index (χ2n) is 7.32. The third kappa shape index (κ3) is 4.14. The first-order valence-corrected chi connectivity index (χ1v) is 10.1. The largest absolute Gasteiger partial charge is 0.508 e. The van der Waals surface area contributed by atoms with Gasteiger partial charge in [0.1, 0.15) is 11.5 Å². The van der Waals surface area contributed by atoms with Crippen LogP contribution in [0.2, 0.25) is 0 Å². The average Bonchev–Trinajstić information content (AvgIpc) is 2.69. The van der Waals surface area contributed by atoms with Gasteiger partial charge in [-0.25, -0.2) is 0 Å². The molecule has 1 aliphatic carbocycles. The molecule has 28 heavy (non-hydrogen) atoms. The Bertz CT molecular complexity index is 909. The highest BCUT2D eigenvalue weighted by Crippen LogP contribution is 2.34. The van der Waals surface area contributed by atoms with E-state index in [2.05, 4.69) is 29.8 Å². The van der Waals surface area contributed by atoms with Crippen molar-refractivity contribution in [1.29, 1.82) is 0 Å². The van der Waals surface area contributed by atoms with E-state index in [4.69, 9.17) is 4.74 Å². The summed E-state index contributed by atoms with van der Waals surface area (Å²) in [6.45, 7) is 7.28. The van der Waals surface area contributed by atoms with Crippen LogP contribution in [-0.4, -0.2) is 35.2 Å². The summed E-state index contributed by atoms with van der Waals surface area (Å²) in [6.07, 6.45) is 7.04. The number of hydrogen-bond donors (Lipinski definition) is 2. The normalized spacial score (nSPS) is 13.4. The van der Waals surface area contributed by atoms with Crippen molar-refractivity contribution >= 4 is 5.76 Å².